The summed E-state index contributed by atoms with van der Waals surface area (Å²) in [6.45, 7) is 9.06. The maximum atomic E-state index is 12.2. The number of aryl methyl sites for hydroxylation is 1. The molecule has 0 radical (unpaired) electrons. The minimum atomic E-state index is -0.191. The quantitative estimate of drug-likeness (QED) is 0.772. The van der Waals surface area contributed by atoms with Gasteiger partial charge in [0.05, 0.1) is 12.7 Å². The van der Waals surface area contributed by atoms with Crippen LogP contribution in [0.15, 0.2) is 23.1 Å². The van der Waals surface area contributed by atoms with Gasteiger partial charge in [0, 0.05) is 19.6 Å². The summed E-state index contributed by atoms with van der Waals surface area (Å²) < 4.78 is 2.84. The number of nitrogens with zero attached hydrogens (tertiary/aromatic N) is 5. The Kier molecular flexibility index (Phi) is 3.75. The average molecular weight is 262 g/mol. The number of hydrogen-bond donors (Lipinski definition) is 1. The van der Waals surface area contributed by atoms with Crippen LogP contribution in [0, 0.1) is 0 Å². The number of nitrogens with one attached hydrogen (secondary N) is 1. The van der Waals surface area contributed by atoms with E-state index in [0.29, 0.717) is 30.2 Å². The third-order valence-corrected chi connectivity index (χ3v) is 2.75. The molecule has 0 aliphatic rings. The van der Waals surface area contributed by atoms with Crippen LogP contribution in [0.25, 0.3) is 11.0 Å². The van der Waals surface area contributed by atoms with Gasteiger partial charge in [0.15, 0.2) is 5.65 Å². The second-order valence-corrected chi connectivity index (χ2v) is 4.84. The lowest BCUT2D eigenvalue weighted by atomic mass is 10.2. The van der Waals surface area contributed by atoms with Crippen LogP contribution < -0.4 is 10.9 Å². The van der Waals surface area contributed by atoms with E-state index in [1.54, 1.807) is 7.05 Å². The van der Waals surface area contributed by atoms with Gasteiger partial charge in [-0.2, -0.15) is 5.10 Å². The monoisotopic (exact) mass is 262 g/mol. The average Bonchev–Trinajstić information content (AvgIpc) is 2.73. The first-order chi connectivity index (χ1) is 8.99. The van der Waals surface area contributed by atoms with Crippen LogP contribution in [0.2, 0.25) is 0 Å². The van der Waals surface area contributed by atoms with Gasteiger partial charge in [-0.1, -0.05) is 25.6 Å². The zero-order valence-corrected chi connectivity index (χ0v) is 11.4. The van der Waals surface area contributed by atoms with Crippen molar-refractivity contribution in [2.45, 2.75) is 26.4 Å². The molecule has 0 aliphatic heterocycles. The molecule has 0 aliphatic carbocycles. The highest BCUT2D eigenvalue weighted by atomic mass is 16.1. The molecule has 0 fully saturated rings. The minimum absolute atomic E-state index is 0.191. The number of aromatic nitrogens is 5. The molecule has 2 heterocycles. The Labute approximate surface area is 110 Å². The molecule has 0 bridgehead atoms. The van der Waals surface area contributed by atoms with Crippen LogP contribution in [0.3, 0.4) is 0 Å². The van der Waals surface area contributed by atoms with Crippen LogP contribution in [0.5, 0.6) is 0 Å². The Morgan fingerprint density at radius 3 is 2.95 bits per heavy atom. The summed E-state index contributed by atoms with van der Waals surface area (Å²) in [5.74, 6) is 0. The first kappa shape index (κ1) is 13.4. The van der Waals surface area contributed by atoms with E-state index in [1.807, 2.05) is 0 Å². The van der Waals surface area contributed by atoms with Gasteiger partial charge in [-0.3, -0.25) is 4.79 Å². The zero-order chi connectivity index (χ0) is 14.0. The molecular formula is C12H18N6O. The number of fused-ring (bicyclic) bond motifs is 1. The molecule has 0 unspecified atom stereocenters. The van der Waals surface area contributed by atoms with E-state index >= 15 is 0 Å². The van der Waals surface area contributed by atoms with Gasteiger partial charge in [0.2, 0.25) is 0 Å². The maximum absolute atomic E-state index is 12.2. The van der Waals surface area contributed by atoms with Crippen molar-refractivity contribution in [1.82, 2.24) is 30.1 Å². The summed E-state index contributed by atoms with van der Waals surface area (Å²) in [6, 6.07) is 0.375. The Balaban J connectivity index is 2.20. The number of hydrogen-bond acceptors (Lipinski definition) is 5. The van der Waals surface area contributed by atoms with Crippen molar-refractivity contribution in [3.05, 3.63) is 28.7 Å². The van der Waals surface area contributed by atoms with E-state index in [-0.39, 0.29) is 5.56 Å². The first-order valence-corrected chi connectivity index (χ1v) is 6.14. The Morgan fingerprint density at radius 2 is 2.26 bits per heavy atom. The van der Waals surface area contributed by atoms with Gasteiger partial charge in [-0.05, 0) is 5.57 Å². The van der Waals surface area contributed by atoms with Crippen LogP contribution in [0.4, 0.5) is 0 Å². The second kappa shape index (κ2) is 5.31. The molecule has 1 N–H and O–H groups in total. The van der Waals surface area contributed by atoms with E-state index in [1.165, 1.54) is 15.6 Å². The summed E-state index contributed by atoms with van der Waals surface area (Å²) in [5, 5.41) is 15.6. The smallest absolute Gasteiger partial charge is 0.281 e. The van der Waals surface area contributed by atoms with E-state index in [9.17, 15) is 4.79 Å². The van der Waals surface area contributed by atoms with E-state index in [2.05, 4.69) is 41.2 Å². The van der Waals surface area contributed by atoms with E-state index < -0.39 is 0 Å². The highest BCUT2D eigenvalue weighted by Gasteiger charge is 2.10. The van der Waals surface area contributed by atoms with Crippen LogP contribution in [-0.4, -0.2) is 37.4 Å². The van der Waals surface area contributed by atoms with Crippen LogP contribution >= 0.6 is 0 Å². The van der Waals surface area contributed by atoms with Gasteiger partial charge in [0.1, 0.15) is 5.39 Å². The highest BCUT2D eigenvalue weighted by molar-refractivity contribution is 5.72. The van der Waals surface area contributed by atoms with Crippen molar-refractivity contribution < 1.29 is 0 Å². The Morgan fingerprint density at radius 1 is 1.53 bits per heavy atom. The molecule has 2 aromatic heterocycles. The highest BCUT2D eigenvalue weighted by Crippen LogP contribution is 2.02. The summed E-state index contributed by atoms with van der Waals surface area (Å²) in [6.07, 6.45) is 1.51. The van der Waals surface area contributed by atoms with Crippen molar-refractivity contribution >= 4 is 11.0 Å². The predicted octanol–water partition coefficient (Wildman–Crippen LogP) is 0.0792. The summed E-state index contributed by atoms with van der Waals surface area (Å²) in [4.78, 5) is 12.2. The fourth-order valence-corrected chi connectivity index (χ4v) is 1.70. The summed E-state index contributed by atoms with van der Waals surface area (Å²) in [7, 11) is 1.73. The van der Waals surface area contributed by atoms with Gasteiger partial charge >= 0.3 is 0 Å². The molecule has 2 aromatic rings. The molecular weight excluding hydrogens is 244 g/mol. The molecule has 0 aromatic carbocycles. The second-order valence-electron chi connectivity index (χ2n) is 4.84. The predicted molar refractivity (Wildman–Crippen MR) is 72.8 cm³/mol. The molecule has 2 rings (SSSR count). The van der Waals surface area contributed by atoms with Crippen molar-refractivity contribution in [1.29, 1.82) is 0 Å². The topological polar surface area (TPSA) is 77.6 Å². The standard InChI is InChI=1S/C12H18N6O/c1-8(2)13-5-9(3)7-18-12(19)10-6-14-17(4)11(10)15-16-18/h6,8,13H,3,5,7H2,1-2,4H3. The van der Waals surface area contributed by atoms with Crippen molar-refractivity contribution in [3.63, 3.8) is 0 Å². The molecule has 0 saturated heterocycles. The largest absolute Gasteiger partial charge is 0.311 e. The maximum Gasteiger partial charge on any atom is 0.281 e. The fourth-order valence-electron chi connectivity index (χ4n) is 1.70. The van der Waals surface area contributed by atoms with Crippen LogP contribution in [-0.2, 0) is 13.6 Å². The van der Waals surface area contributed by atoms with Gasteiger partial charge in [-0.15, -0.1) is 5.10 Å². The van der Waals surface area contributed by atoms with Gasteiger partial charge in [0.25, 0.3) is 5.56 Å². The lowest BCUT2D eigenvalue weighted by Gasteiger charge is -2.10. The third kappa shape index (κ3) is 2.87. The van der Waals surface area contributed by atoms with Crippen molar-refractivity contribution in [3.8, 4) is 0 Å². The number of rotatable bonds is 5. The lowest BCUT2D eigenvalue weighted by Crippen LogP contribution is -2.29. The summed E-state index contributed by atoms with van der Waals surface area (Å²) >= 11 is 0. The molecule has 0 spiro atoms. The molecule has 0 amide bonds. The normalized spacial score (nSPS) is 11.4. The van der Waals surface area contributed by atoms with Crippen molar-refractivity contribution in [2.75, 3.05) is 6.54 Å². The SMILES string of the molecule is C=C(CNC(C)C)Cn1nnc2c(cnn2C)c1=O. The minimum Gasteiger partial charge on any atom is -0.311 e. The fraction of sp³-hybridized carbons (Fsp3) is 0.500. The van der Waals surface area contributed by atoms with E-state index in [4.69, 9.17) is 0 Å². The van der Waals surface area contributed by atoms with Crippen molar-refractivity contribution in [2.24, 2.45) is 7.05 Å². The summed E-state index contributed by atoms with van der Waals surface area (Å²) in [5.41, 5.74) is 1.18. The molecule has 0 atom stereocenters. The van der Waals surface area contributed by atoms with Gasteiger partial charge in [-0.25, -0.2) is 9.36 Å². The molecule has 7 nitrogen and oxygen atoms in total. The van der Waals surface area contributed by atoms with Gasteiger partial charge < -0.3 is 5.32 Å². The Hall–Kier alpha value is -2.02. The lowest BCUT2D eigenvalue weighted by molar-refractivity contribution is 0.556. The third-order valence-electron chi connectivity index (χ3n) is 2.75. The first-order valence-electron chi connectivity index (χ1n) is 6.14. The Bertz CT molecular complexity index is 654. The van der Waals surface area contributed by atoms with E-state index in [0.717, 1.165) is 5.57 Å². The molecule has 102 valence electrons. The molecule has 19 heavy (non-hydrogen) atoms. The van der Waals surface area contributed by atoms with Crippen LogP contribution in [0.1, 0.15) is 13.8 Å². The zero-order valence-electron chi connectivity index (χ0n) is 11.4. The molecule has 0 saturated carbocycles. The molecule has 7 heteroatoms.